The Hall–Kier alpha value is -2.10. The highest BCUT2D eigenvalue weighted by atomic mass is 32.2. The van der Waals surface area contributed by atoms with E-state index in [2.05, 4.69) is 11.8 Å². The van der Waals surface area contributed by atoms with Gasteiger partial charge >= 0.3 is 5.97 Å². The summed E-state index contributed by atoms with van der Waals surface area (Å²) in [6, 6.07) is 2.94. The zero-order chi connectivity index (χ0) is 20.9. The number of rotatable bonds is 4. The molecule has 3 heterocycles. The summed E-state index contributed by atoms with van der Waals surface area (Å²) in [6.07, 6.45) is -1.33. The number of aromatic nitrogens is 1. The van der Waals surface area contributed by atoms with Crippen molar-refractivity contribution in [3.05, 3.63) is 33.7 Å². The number of piperazine rings is 1. The van der Waals surface area contributed by atoms with Crippen LogP contribution in [0.15, 0.2) is 22.0 Å². The zero-order valence-corrected chi connectivity index (χ0v) is 17.5. The topological polar surface area (TPSA) is 75.0 Å². The molecule has 2 aliphatic rings. The van der Waals surface area contributed by atoms with E-state index >= 15 is 0 Å². The van der Waals surface area contributed by atoms with Gasteiger partial charge in [-0.05, 0) is 32.5 Å². The normalized spacial score (nSPS) is 20.3. The van der Waals surface area contributed by atoms with E-state index in [0.717, 1.165) is 32.7 Å². The Morgan fingerprint density at radius 2 is 2.03 bits per heavy atom. The van der Waals surface area contributed by atoms with Crippen LogP contribution < -0.4 is 10.3 Å². The van der Waals surface area contributed by atoms with Crippen molar-refractivity contribution in [1.29, 1.82) is 0 Å². The molecule has 4 rings (SSSR count). The van der Waals surface area contributed by atoms with Crippen molar-refractivity contribution >= 4 is 34.3 Å². The van der Waals surface area contributed by atoms with Crippen molar-refractivity contribution in [3.63, 3.8) is 0 Å². The predicted octanol–water partition coefficient (Wildman–Crippen LogP) is 2.40. The Bertz CT molecular complexity index is 1030. The summed E-state index contributed by atoms with van der Waals surface area (Å²) < 4.78 is 21.7. The summed E-state index contributed by atoms with van der Waals surface area (Å²) in [4.78, 5) is 29.7. The molecule has 7 nitrogen and oxygen atoms in total. The SMILES string of the molecule is CCN1CCN(c2cc3c(cc2F)c(=O)c(C(=O)OC(C)O)c2n3C(C)S2)CC1. The molecule has 0 amide bonds. The van der Waals surface area contributed by atoms with E-state index in [-0.39, 0.29) is 16.3 Å². The third-order valence-electron chi connectivity index (χ3n) is 5.52. The van der Waals surface area contributed by atoms with Crippen LogP contribution in [0.3, 0.4) is 0 Å². The number of benzene rings is 1. The smallest absolute Gasteiger partial charge is 0.347 e. The lowest BCUT2D eigenvalue weighted by atomic mass is 10.1. The minimum Gasteiger partial charge on any atom is -0.433 e. The van der Waals surface area contributed by atoms with Gasteiger partial charge in [-0.2, -0.15) is 0 Å². The van der Waals surface area contributed by atoms with Crippen molar-refractivity contribution in [1.82, 2.24) is 9.47 Å². The predicted molar refractivity (Wildman–Crippen MR) is 110 cm³/mol. The fourth-order valence-electron chi connectivity index (χ4n) is 3.98. The molecule has 9 heteroatoms. The molecule has 2 aliphatic heterocycles. The molecule has 1 aromatic carbocycles. The van der Waals surface area contributed by atoms with Crippen LogP contribution in [0, 0.1) is 5.82 Å². The Morgan fingerprint density at radius 3 is 2.62 bits per heavy atom. The number of likely N-dealkylation sites (N-methyl/N-ethyl adjacent to an activating group) is 1. The van der Waals surface area contributed by atoms with Crippen molar-refractivity contribution in [3.8, 4) is 0 Å². The average molecular weight is 421 g/mol. The molecule has 1 saturated heterocycles. The molecule has 0 aliphatic carbocycles. The van der Waals surface area contributed by atoms with E-state index in [0.29, 0.717) is 16.2 Å². The van der Waals surface area contributed by atoms with Crippen LogP contribution in [-0.4, -0.2) is 59.6 Å². The van der Waals surface area contributed by atoms with Crippen LogP contribution in [0.25, 0.3) is 10.9 Å². The number of pyridine rings is 1. The molecule has 1 fully saturated rings. The number of fused-ring (bicyclic) bond motifs is 3. The third kappa shape index (κ3) is 3.41. The molecule has 0 radical (unpaired) electrons. The largest absolute Gasteiger partial charge is 0.433 e. The van der Waals surface area contributed by atoms with E-state index in [1.54, 1.807) is 6.07 Å². The molecule has 2 atom stereocenters. The van der Waals surface area contributed by atoms with Crippen LogP contribution in [0.2, 0.25) is 0 Å². The number of esters is 1. The lowest BCUT2D eigenvalue weighted by molar-refractivity contribution is -0.0527. The number of thioether (sulfide) groups is 1. The number of anilines is 1. The zero-order valence-electron chi connectivity index (χ0n) is 16.6. The van der Waals surface area contributed by atoms with Gasteiger partial charge in [0, 0.05) is 31.6 Å². The van der Waals surface area contributed by atoms with E-state index in [1.165, 1.54) is 24.8 Å². The Labute approximate surface area is 172 Å². The fourth-order valence-corrected chi connectivity index (χ4v) is 5.13. The maximum Gasteiger partial charge on any atom is 0.347 e. The van der Waals surface area contributed by atoms with Gasteiger partial charge in [0.1, 0.15) is 11.4 Å². The number of aliphatic hydroxyl groups excluding tert-OH is 1. The van der Waals surface area contributed by atoms with Crippen LogP contribution in [-0.2, 0) is 4.74 Å². The summed E-state index contributed by atoms with van der Waals surface area (Å²) >= 11 is 1.38. The molecule has 1 N–H and O–H groups in total. The molecule has 29 heavy (non-hydrogen) atoms. The van der Waals surface area contributed by atoms with E-state index in [1.807, 2.05) is 16.4 Å². The van der Waals surface area contributed by atoms with Gasteiger partial charge in [-0.15, -0.1) is 0 Å². The van der Waals surface area contributed by atoms with Crippen molar-refractivity contribution in [2.45, 2.75) is 37.5 Å². The molecule has 2 aromatic rings. The second-order valence-electron chi connectivity index (χ2n) is 7.34. The minimum atomic E-state index is -1.33. The first-order valence-electron chi connectivity index (χ1n) is 9.76. The lowest BCUT2D eigenvalue weighted by Crippen LogP contribution is -2.46. The second-order valence-corrected chi connectivity index (χ2v) is 8.65. The van der Waals surface area contributed by atoms with Gasteiger partial charge in [0.2, 0.25) is 5.43 Å². The summed E-state index contributed by atoms with van der Waals surface area (Å²) in [7, 11) is 0. The standard InChI is InChI=1S/C20H24FN3O4S/c1-4-22-5-7-23(8-6-22)16-10-15-13(9-14(16)21)18(26)17(20(27)28-12(3)25)19-24(15)11(2)29-19/h9-12,25H,4-8H2,1-3H3. The van der Waals surface area contributed by atoms with Gasteiger partial charge in [-0.25, -0.2) is 9.18 Å². The van der Waals surface area contributed by atoms with Crippen LogP contribution >= 0.6 is 11.8 Å². The average Bonchev–Trinajstić information content (AvgIpc) is 2.67. The van der Waals surface area contributed by atoms with Gasteiger partial charge in [0.25, 0.3) is 0 Å². The Morgan fingerprint density at radius 1 is 1.34 bits per heavy atom. The highest BCUT2D eigenvalue weighted by Gasteiger charge is 2.34. The van der Waals surface area contributed by atoms with Crippen molar-refractivity contribution in [2.24, 2.45) is 0 Å². The molecule has 0 bridgehead atoms. The fraction of sp³-hybridized carbons (Fsp3) is 0.500. The summed E-state index contributed by atoms with van der Waals surface area (Å²) in [5.41, 5.74) is 0.368. The van der Waals surface area contributed by atoms with Gasteiger partial charge in [-0.1, -0.05) is 18.7 Å². The quantitative estimate of drug-likeness (QED) is 0.600. The Balaban J connectivity index is 1.82. The maximum atomic E-state index is 15.0. The maximum absolute atomic E-state index is 15.0. The van der Waals surface area contributed by atoms with Crippen LogP contribution in [0.1, 0.15) is 36.5 Å². The van der Waals surface area contributed by atoms with Gasteiger partial charge < -0.3 is 24.2 Å². The van der Waals surface area contributed by atoms with Gasteiger partial charge in [-0.3, -0.25) is 4.79 Å². The third-order valence-corrected chi connectivity index (χ3v) is 6.69. The monoisotopic (exact) mass is 421 g/mol. The molecular weight excluding hydrogens is 397 g/mol. The van der Waals surface area contributed by atoms with E-state index < -0.39 is 23.5 Å². The first-order valence-corrected chi connectivity index (χ1v) is 10.6. The number of ether oxygens (including phenoxy) is 1. The van der Waals surface area contributed by atoms with E-state index in [9.17, 15) is 19.1 Å². The van der Waals surface area contributed by atoms with Gasteiger partial charge in [0.15, 0.2) is 6.29 Å². The summed E-state index contributed by atoms with van der Waals surface area (Å²) in [5, 5.41) is 9.99. The number of carbonyl (C=O) groups is 1. The molecule has 0 spiro atoms. The first-order chi connectivity index (χ1) is 13.8. The first kappa shape index (κ1) is 20.2. The Kier molecular flexibility index (Phi) is 5.30. The molecule has 0 saturated carbocycles. The number of hydrogen-bond acceptors (Lipinski definition) is 7. The number of hydrogen-bond donors (Lipinski definition) is 1. The minimum absolute atomic E-state index is 0.00134. The van der Waals surface area contributed by atoms with Crippen molar-refractivity contribution < 1.29 is 19.0 Å². The number of aliphatic hydroxyl groups is 1. The number of nitrogens with zero attached hydrogens (tertiary/aromatic N) is 3. The molecule has 156 valence electrons. The van der Waals surface area contributed by atoms with Crippen LogP contribution in [0.4, 0.5) is 10.1 Å². The van der Waals surface area contributed by atoms with Gasteiger partial charge in [0.05, 0.1) is 21.6 Å². The summed E-state index contributed by atoms with van der Waals surface area (Å²) in [5.74, 6) is -1.37. The second kappa shape index (κ2) is 7.62. The molecule has 2 unspecified atom stereocenters. The lowest BCUT2D eigenvalue weighted by Gasteiger charge is -2.37. The number of halogens is 1. The van der Waals surface area contributed by atoms with Crippen LogP contribution in [0.5, 0.6) is 0 Å². The molecular formula is C20H24FN3O4S. The van der Waals surface area contributed by atoms with E-state index in [4.69, 9.17) is 4.74 Å². The van der Waals surface area contributed by atoms with Crippen molar-refractivity contribution in [2.75, 3.05) is 37.6 Å². The highest BCUT2D eigenvalue weighted by molar-refractivity contribution is 8.00. The summed E-state index contributed by atoms with van der Waals surface area (Å²) in [6.45, 7) is 9.49. The molecule has 1 aromatic heterocycles. The highest BCUT2D eigenvalue weighted by Crippen LogP contribution is 2.47. The number of carbonyl (C=O) groups excluding carboxylic acids is 1.